The van der Waals surface area contributed by atoms with Crippen LogP contribution in [0.2, 0.25) is 0 Å². The van der Waals surface area contributed by atoms with Crippen molar-refractivity contribution in [3.05, 3.63) is 52.6 Å². The quantitative estimate of drug-likeness (QED) is 0.638. The van der Waals surface area contributed by atoms with Gasteiger partial charge in [-0.3, -0.25) is 4.79 Å². The van der Waals surface area contributed by atoms with Crippen LogP contribution in [-0.4, -0.2) is 72.5 Å². The number of halogens is 1. The van der Waals surface area contributed by atoms with Gasteiger partial charge in [0.1, 0.15) is 11.7 Å². The minimum atomic E-state index is -3.71. The van der Waals surface area contributed by atoms with E-state index in [1.807, 2.05) is 6.92 Å². The molecular weight excluding hydrogens is 486 g/mol. The number of nitrogens with zero attached hydrogens (tertiary/aromatic N) is 3. The minimum Gasteiger partial charge on any atom is -0.472 e. The number of sulfonamides is 1. The molecule has 0 radical (unpaired) electrons. The number of amides is 1. The van der Waals surface area contributed by atoms with E-state index in [9.17, 15) is 18.3 Å². The van der Waals surface area contributed by atoms with E-state index in [2.05, 4.69) is 20.9 Å². The molecule has 0 saturated heterocycles. The molecule has 1 amide bonds. The molecular formula is C21H26BrN3O5S. The van der Waals surface area contributed by atoms with Crippen molar-refractivity contribution in [1.29, 1.82) is 0 Å². The molecule has 0 spiro atoms. The summed E-state index contributed by atoms with van der Waals surface area (Å²) in [5.41, 5.74) is 0.264. The van der Waals surface area contributed by atoms with Crippen LogP contribution in [0.4, 0.5) is 0 Å². The van der Waals surface area contributed by atoms with Crippen LogP contribution >= 0.6 is 15.9 Å². The van der Waals surface area contributed by atoms with Crippen LogP contribution in [0.3, 0.4) is 0 Å². The van der Waals surface area contributed by atoms with Crippen molar-refractivity contribution in [2.75, 3.05) is 26.7 Å². The second-order valence-corrected chi connectivity index (χ2v) is 10.7. The monoisotopic (exact) mass is 511 g/mol. The fourth-order valence-electron chi connectivity index (χ4n) is 3.42. The molecule has 1 N–H and O–H groups in total. The molecule has 1 aliphatic rings. The predicted molar refractivity (Wildman–Crippen MR) is 119 cm³/mol. The Morgan fingerprint density at radius 3 is 2.68 bits per heavy atom. The lowest BCUT2D eigenvalue weighted by atomic mass is 10.0. The van der Waals surface area contributed by atoms with Crippen molar-refractivity contribution >= 4 is 31.9 Å². The van der Waals surface area contributed by atoms with Crippen molar-refractivity contribution in [3.8, 4) is 5.88 Å². The Morgan fingerprint density at radius 1 is 1.35 bits per heavy atom. The van der Waals surface area contributed by atoms with E-state index in [0.717, 1.165) is 0 Å². The molecule has 1 aromatic heterocycles. The average molecular weight is 512 g/mol. The SMILES string of the molecule is C[C@H]1CN([C@@H](C)CO)C(=O)c2cc(Br)cnc2O[C@@H]1CN(C)S(=O)(=O)c1ccccc1. The molecule has 1 aromatic carbocycles. The van der Waals surface area contributed by atoms with Gasteiger partial charge in [0.05, 0.1) is 24.1 Å². The van der Waals surface area contributed by atoms with E-state index < -0.39 is 22.2 Å². The summed E-state index contributed by atoms with van der Waals surface area (Å²) in [5.74, 6) is -0.365. The van der Waals surface area contributed by atoms with E-state index in [1.165, 1.54) is 17.5 Å². The van der Waals surface area contributed by atoms with Crippen molar-refractivity contribution < 1.29 is 23.1 Å². The van der Waals surface area contributed by atoms with Crippen molar-refractivity contribution in [1.82, 2.24) is 14.2 Å². The first-order valence-electron chi connectivity index (χ1n) is 9.90. The number of hydrogen-bond acceptors (Lipinski definition) is 6. The van der Waals surface area contributed by atoms with E-state index in [-0.39, 0.29) is 41.3 Å². The van der Waals surface area contributed by atoms with Crippen LogP contribution in [0.5, 0.6) is 5.88 Å². The van der Waals surface area contributed by atoms with E-state index in [0.29, 0.717) is 11.0 Å². The Hall–Kier alpha value is -2.01. The molecule has 3 rings (SSSR count). The van der Waals surface area contributed by atoms with Crippen LogP contribution in [-0.2, 0) is 10.0 Å². The third-order valence-electron chi connectivity index (χ3n) is 5.38. The van der Waals surface area contributed by atoms with Gasteiger partial charge in [-0.1, -0.05) is 25.1 Å². The van der Waals surface area contributed by atoms with Crippen LogP contribution in [0.1, 0.15) is 24.2 Å². The maximum atomic E-state index is 13.1. The first kappa shape index (κ1) is 23.6. The molecule has 1 aliphatic heterocycles. The van der Waals surface area contributed by atoms with E-state index >= 15 is 0 Å². The minimum absolute atomic E-state index is 0.0745. The van der Waals surface area contributed by atoms with Gasteiger partial charge in [-0.05, 0) is 41.1 Å². The number of pyridine rings is 1. The van der Waals surface area contributed by atoms with Gasteiger partial charge >= 0.3 is 0 Å². The highest BCUT2D eigenvalue weighted by Gasteiger charge is 2.35. The number of fused-ring (bicyclic) bond motifs is 1. The van der Waals surface area contributed by atoms with Gasteiger partial charge < -0.3 is 14.7 Å². The van der Waals surface area contributed by atoms with Crippen LogP contribution in [0.15, 0.2) is 52.0 Å². The fourth-order valence-corrected chi connectivity index (χ4v) is 4.95. The Morgan fingerprint density at radius 2 is 2.03 bits per heavy atom. The fraction of sp³-hybridized carbons (Fsp3) is 0.429. The maximum Gasteiger partial charge on any atom is 0.259 e. The van der Waals surface area contributed by atoms with Crippen LogP contribution in [0.25, 0.3) is 0 Å². The second-order valence-electron chi connectivity index (χ2n) is 7.73. The lowest BCUT2D eigenvalue weighted by Gasteiger charge is -2.37. The van der Waals surface area contributed by atoms with Crippen molar-refractivity contribution in [2.24, 2.45) is 5.92 Å². The standard InChI is InChI=1S/C21H26BrN3O5S/c1-14-11-25(15(2)13-26)21(27)18-9-16(22)10-23-20(18)30-19(14)12-24(3)31(28,29)17-7-5-4-6-8-17/h4-10,14-15,19,26H,11-13H2,1-3H3/t14-,15-,19+/m0/s1. The predicted octanol–water partition coefficient (Wildman–Crippen LogP) is 2.38. The summed E-state index contributed by atoms with van der Waals surface area (Å²) in [6, 6.07) is 9.41. The Kier molecular flexibility index (Phi) is 7.35. The van der Waals surface area contributed by atoms with Crippen LogP contribution in [0, 0.1) is 5.92 Å². The van der Waals surface area contributed by atoms with Gasteiger partial charge in [-0.2, -0.15) is 4.31 Å². The van der Waals surface area contributed by atoms with Gasteiger partial charge in [0, 0.05) is 30.2 Å². The summed E-state index contributed by atoms with van der Waals surface area (Å²) in [6.45, 7) is 3.84. The molecule has 168 valence electrons. The lowest BCUT2D eigenvalue weighted by molar-refractivity contribution is 0.0373. The Balaban J connectivity index is 1.95. The number of rotatable bonds is 6. The number of likely N-dealkylation sites (N-methyl/N-ethyl adjacent to an activating group) is 1. The maximum absolute atomic E-state index is 13.1. The molecule has 0 unspecified atom stereocenters. The molecule has 2 heterocycles. The topological polar surface area (TPSA) is 100 Å². The molecule has 3 atom stereocenters. The largest absolute Gasteiger partial charge is 0.472 e. The van der Waals surface area contributed by atoms with Crippen molar-refractivity contribution in [3.63, 3.8) is 0 Å². The summed E-state index contributed by atoms with van der Waals surface area (Å²) in [6.07, 6.45) is 0.970. The van der Waals surface area contributed by atoms with Crippen LogP contribution < -0.4 is 4.74 Å². The first-order chi connectivity index (χ1) is 14.6. The van der Waals surface area contributed by atoms with E-state index in [4.69, 9.17) is 4.74 Å². The van der Waals surface area contributed by atoms with E-state index in [1.54, 1.807) is 48.2 Å². The number of benzene rings is 1. The summed E-state index contributed by atoms with van der Waals surface area (Å²) < 4.78 is 33.9. The second kappa shape index (κ2) is 9.64. The first-order valence-corrected chi connectivity index (χ1v) is 12.1. The molecule has 0 bridgehead atoms. The summed E-state index contributed by atoms with van der Waals surface area (Å²) in [5, 5.41) is 9.66. The molecule has 8 nitrogen and oxygen atoms in total. The Labute approximate surface area is 191 Å². The highest BCUT2D eigenvalue weighted by Crippen LogP contribution is 2.29. The van der Waals surface area contributed by atoms with Gasteiger partial charge in [0.25, 0.3) is 5.91 Å². The Bertz CT molecular complexity index is 1030. The summed E-state index contributed by atoms with van der Waals surface area (Å²) in [4.78, 5) is 19.2. The number of hydrogen-bond donors (Lipinski definition) is 1. The molecule has 0 aliphatic carbocycles. The number of aliphatic hydroxyl groups excluding tert-OH is 1. The zero-order valence-corrected chi connectivity index (χ0v) is 20.0. The number of aliphatic hydroxyl groups is 1. The lowest BCUT2D eigenvalue weighted by Crippen LogP contribution is -2.50. The summed E-state index contributed by atoms with van der Waals surface area (Å²) in [7, 11) is -2.20. The van der Waals surface area contributed by atoms with Crippen molar-refractivity contribution in [2.45, 2.75) is 30.9 Å². The normalized spacial score (nSPS) is 20.6. The van der Waals surface area contributed by atoms with Gasteiger partial charge in [-0.15, -0.1) is 0 Å². The molecule has 0 fully saturated rings. The zero-order chi connectivity index (χ0) is 22.8. The number of ether oxygens (including phenoxy) is 1. The average Bonchev–Trinajstić information content (AvgIpc) is 2.76. The molecule has 0 saturated carbocycles. The third-order valence-corrected chi connectivity index (χ3v) is 7.65. The smallest absolute Gasteiger partial charge is 0.259 e. The highest BCUT2D eigenvalue weighted by molar-refractivity contribution is 9.10. The number of carbonyl (C=O) groups is 1. The number of carbonyl (C=O) groups excluding carboxylic acids is 1. The molecule has 2 aromatic rings. The highest BCUT2D eigenvalue weighted by atomic mass is 79.9. The molecule has 10 heteroatoms. The summed E-state index contributed by atoms with van der Waals surface area (Å²) >= 11 is 3.33. The zero-order valence-electron chi connectivity index (χ0n) is 17.6. The third kappa shape index (κ3) is 5.08. The van der Waals surface area contributed by atoms with Gasteiger partial charge in [-0.25, -0.2) is 13.4 Å². The van der Waals surface area contributed by atoms with Gasteiger partial charge in [0.2, 0.25) is 15.9 Å². The number of aromatic nitrogens is 1. The molecule has 31 heavy (non-hydrogen) atoms. The van der Waals surface area contributed by atoms with Gasteiger partial charge in [0.15, 0.2) is 0 Å².